The van der Waals surface area contributed by atoms with Crippen molar-refractivity contribution in [2.24, 2.45) is 0 Å². The van der Waals surface area contributed by atoms with Crippen LogP contribution in [0.4, 0.5) is 13.2 Å². The van der Waals surface area contributed by atoms with Crippen LogP contribution in [0.1, 0.15) is 46.5 Å². The maximum absolute atomic E-state index is 12.5. The van der Waals surface area contributed by atoms with Crippen LogP contribution in [0.3, 0.4) is 0 Å². The maximum atomic E-state index is 12.5. The van der Waals surface area contributed by atoms with Gasteiger partial charge in [0.25, 0.3) is 0 Å². The minimum Gasteiger partial charge on any atom is -0.453 e. The van der Waals surface area contributed by atoms with Crippen LogP contribution in [0, 0.1) is 0 Å². The molecule has 0 saturated heterocycles. The van der Waals surface area contributed by atoms with Crippen molar-refractivity contribution in [3.8, 4) is 0 Å². The molecule has 0 aromatic rings. The van der Waals surface area contributed by atoms with Gasteiger partial charge in [-0.1, -0.05) is 6.42 Å². The third-order valence-electron chi connectivity index (χ3n) is 2.24. The lowest BCUT2D eigenvalue weighted by Gasteiger charge is -2.19. The van der Waals surface area contributed by atoms with Crippen molar-refractivity contribution in [3.05, 3.63) is 0 Å². The summed E-state index contributed by atoms with van der Waals surface area (Å²) in [6.45, 7) is 5.33. The van der Waals surface area contributed by atoms with Crippen LogP contribution >= 0.6 is 0 Å². The van der Waals surface area contributed by atoms with E-state index >= 15 is 0 Å². The summed E-state index contributed by atoms with van der Waals surface area (Å²) < 4.78 is 46.9. The number of esters is 1. The van der Waals surface area contributed by atoms with Gasteiger partial charge in [-0.2, -0.15) is 13.2 Å². The molecule has 108 valence electrons. The van der Waals surface area contributed by atoms with E-state index in [0.717, 1.165) is 6.92 Å². The number of ether oxygens (including phenoxy) is 2. The number of hydrogen-bond donors (Lipinski definition) is 0. The quantitative estimate of drug-likeness (QED) is 0.500. The van der Waals surface area contributed by atoms with E-state index in [4.69, 9.17) is 4.74 Å². The molecule has 0 aromatic heterocycles. The molecule has 0 N–H and O–H groups in total. The third-order valence-corrected chi connectivity index (χ3v) is 2.24. The molecule has 18 heavy (non-hydrogen) atoms. The highest BCUT2D eigenvalue weighted by Gasteiger charge is 2.41. The van der Waals surface area contributed by atoms with Crippen molar-refractivity contribution in [1.29, 1.82) is 0 Å². The lowest BCUT2D eigenvalue weighted by molar-refractivity contribution is -0.221. The van der Waals surface area contributed by atoms with E-state index in [1.54, 1.807) is 0 Å². The first-order valence-corrected chi connectivity index (χ1v) is 6.09. The summed E-state index contributed by atoms with van der Waals surface area (Å²) in [7, 11) is 0. The lowest BCUT2D eigenvalue weighted by atomic mass is 10.1. The molecule has 1 atom stereocenters. The Bertz CT molecular complexity index is 239. The van der Waals surface area contributed by atoms with E-state index in [1.165, 1.54) is 0 Å². The van der Waals surface area contributed by atoms with Crippen LogP contribution in [-0.4, -0.2) is 31.0 Å². The van der Waals surface area contributed by atoms with Crippen molar-refractivity contribution >= 4 is 5.97 Å². The SMILES string of the molecule is CC(=O)O[C@@H](CCCCCOC(C)C)C(F)(F)F. The molecule has 3 nitrogen and oxygen atoms in total. The molecule has 0 aliphatic heterocycles. The Labute approximate surface area is 106 Å². The topological polar surface area (TPSA) is 35.5 Å². The predicted octanol–water partition coefficient (Wildman–Crippen LogP) is 3.47. The fourth-order valence-electron chi connectivity index (χ4n) is 1.42. The largest absolute Gasteiger partial charge is 0.453 e. The van der Waals surface area contributed by atoms with E-state index in [2.05, 4.69) is 4.74 Å². The second kappa shape index (κ2) is 8.34. The predicted molar refractivity (Wildman–Crippen MR) is 61.2 cm³/mol. The summed E-state index contributed by atoms with van der Waals surface area (Å²) in [5, 5.41) is 0. The van der Waals surface area contributed by atoms with Crippen molar-refractivity contribution < 1.29 is 27.4 Å². The number of alkyl halides is 3. The minimum absolute atomic E-state index is 0.133. The Morgan fingerprint density at radius 2 is 1.78 bits per heavy atom. The Hall–Kier alpha value is -0.780. The van der Waals surface area contributed by atoms with Gasteiger partial charge in [0.15, 0.2) is 6.10 Å². The van der Waals surface area contributed by atoms with Crippen LogP contribution in [-0.2, 0) is 14.3 Å². The number of rotatable bonds is 8. The molecule has 0 aliphatic rings. The van der Waals surface area contributed by atoms with Gasteiger partial charge in [0.2, 0.25) is 0 Å². The van der Waals surface area contributed by atoms with Crippen LogP contribution in [0.5, 0.6) is 0 Å². The highest BCUT2D eigenvalue weighted by molar-refractivity contribution is 5.66. The average molecular weight is 270 g/mol. The van der Waals surface area contributed by atoms with Gasteiger partial charge in [0.1, 0.15) is 0 Å². The first kappa shape index (κ1) is 17.2. The molecule has 0 radical (unpaired) electrons. The summed E-state index contributed by atoms with van der Waals surface area (Å²) in [5.74, 6) is -0.902. The molecule has 0 spiro atoms. The third kappa shape index (κ3) is 9.27. The van der Waals surface area contributed by atoms with Gasteiger partial charge in [-0.25, -0.2) is 0 Å². The van der Waals surface area contributed by atoms with Gasteiger partial charge >= 0.3 is 12.1 Å². The molecule has 0 unspecified atom stereocenters. The van der Waals surface area contributed by atoms with Crippen molar-refractivity contribution in [1.82, 2.24) is 0 Å². The Morgan fingerprint density at radius 1 is 1.17 bits per heavy atom. The lowest BCUT2D eigenvalue weighted by Crippen LogP contribution is -2.33. The first-order chi connectivity index (χ1) is 8.23. The summed E-state index contributed by atoms with van der Waals surface area (Å²) in [6, 6.07) is 0. The van der Waals surface area contributed by atoms with Crippen LogP contribution < -0.4 is 0 Å². The van der Waals surface area contributed by atoms with E-state index in [9.17, 15) is 18.0 Å². The zero-order valence-corrected chi connectivity index (χ0v) is 11.0. The maximum Gasteiger partial charge on any atom is 0.425 e. The van der Waals surface area contributed by atoms with Gasteiger partial charge in [-0.15, -0.1) is 0 Å². The summed E-state index contributed by atoms with van der Waals surface area (Å²) in [4.78, 5) is 10.6. The van der Waals surface area contributed by atoms with E-state index in [1.807, 2.05) is 13.8 Å². The fourth-order valence-corrected chi connectivity index (χ4v) is 1.42. The molecular formula is C12H21F3O3. The summed E-state index contributed by atoms with van der Waals surface area (Å²) in [5.41, 5.74) is 0. The molecule has 0 aliphatic carbocycles. The number of hydrogen-bond acceptors (Lipinski definition) is 3. The number of unbranched alkanes of at least 4 members (excludes halogenated alkanes) is 2. The normalized spacial score (nSPS) is 13.7. The smallest absolute Gasteiger partial charge is 0.425 e. The molecule has 0 fully saturated rings. The van der Waals surface area contributed by atoms with Gasteiger partial charge in [0.05, 0.1) is 6.10 Å². The zero-order chi connectivity index (χ0) is 14.2. The molecule has 0 aromatic carbocycles. The van der Waals surface area contributed by atoms with Crippen molar-refractivity contribution in [2.45, 2.75) is 64.8 Å². The van der Waals surface area contributed by atoms with Crippen molar-refractivity contribution in [3.63, 3.8) is 0 Å². The Morgan fingerprint density at radius 3 is 2.22 bits per heavy atom. The Balaban J connectivity index is 3.81. The Kier molecular flexibility index (Phi) is 7.98. The molecule has 0 saturated carbocycles. The number of halogens is 3. The average Bonchev–Trinajstić information content (AvgIpc) is 2.18. The monoisotopic (exact) mass is 270 g/mol. The van der Waals surface area contributed by atoms with Gasteiger partial charge < -0.3 is 9.47 Å². The van der Waals surface area contributed by atoms with Gasteiger partial charge in [-0.3, -0.25) is 4.79 Å². The minimum atomic E-state index is -4.49. The standard InChI is InChI=1S/C12H21F3O3/c1-9(2)17-8-6-4-5-7-11(12(13,14)15)18-10(3)16/h9,11H,4-8H2,1-3H3/t11-/m0/s1. The molecular weight excluding hydrogens is 249 g/mol. The van der Waals surface area contributed by atoms with Gasteiger partial charge in [0, 0.05) is 13.5 Å². The molecule has 0 amide bonds. The van der Waals surface area contributed by atoms with Crippen LogP contribution in [0.25, 0.3) is 0 Å². The fraction of sp³-hybridized carbons (Fsp3) is 0.917. The molecule has 0 bridgehead atoms. The molecule has 6 heteroatoms. The van der Waals surface area contributed by atoms with Crippen LogP contribution in [0.15, 0.2) is 0 Å². The first-order valence-electron chi connectivity index (χ1n) is 6.09. The van der Waals surface area contributed by atoms with E-state index in [0.29, 0.717) is 25.9 Å². The van der Waals surface area contributed by atoms with E-state index in [-0.39, 0.29) is 12.5 Å². The highest BCUT2D eigenvalue weighted by Crippen LogP contribution is 2.27. The molecule has 0 rings (SSSR count). The highest BCUT2D eigenvalue weighted by atomic mass is 19.4. The van der Waals surface area contributed by atoms with Gasteiger partial charge in [-0.05, 0) is 33.1 Å². The zero-order valence-electron chi connectivity index (χ0n) is 11.0. The second-order valence-corrected chi connectivity index (χ2v) is 4.41. The number of carbonyl (C=O) groups is 1. The molecule has 0 heterocycles. The van der Waals surface area contributed by atoms with E-state index < -0.39 is 18.2 Å². The van der Waals surface area contributed by atoms with Crippen LogP contribution in [0.2, 0.25) is 0 Å². The summed E-state index contributed by atoms with van der Waals surface area (Å²) in [6.07, 6.45) is -4.83. The number of carbonyl (C=O) groups excluding carboxylic acids is 1. The summed E-state index contributed by atoms with van der Waals surface area (Å²) >= 11 is 0. The van der Waals surface area contributed by atoms with Crippen molar-refractivity contribution in [2.75, 3.05) is 6.61 Å². The second-order valence-electron chi connectivity index (χ2n) is 4.41.